The molecule has 2 N–H and O–H groups in total. The zero-order valence-corrected chi connectivity index (χ0v) is 23.3. The highest BCUT2D eigenvalue weighted by molar-refractivity contribution is 5.91. The van der Waals surface area contributed by atoms with Gasteiger partial charge >= 0.3 is 0 Å². The molecule has 0 radical (unpaired) electrons. The first-order chi connectivity index (χ1) is 20.7. The number of likely N-dealkylation sites (tertiary alicyclic amines) is 1. The van der Waals surface area contributed by atoms with Gasteiger partial charge < -0.3 is 10.6 Å². The fourth-order valence-corrected chi connectivity index (χ4v) is 6.75. The molecular formula is C34H32N8. The Labute approximate surface area is 244 Å². The molecule has 208 valence electrons. The summed E-state index contributed by atoms with van der Waals surface area (Å²) in [5.41, 5.74) is 12.2. The zero-order chi connectivity index (χ0) is 28.0. The smallest absolute Gasteiger partial charge is 0.150 e. The van der Waals surface area contributed by atoms with Crippen molar-refractivity contribution in [3.05, 3.63) is 103 Å². The van der Waals surface area contributed by atoms with E-state index >= 15 is 0 Å². The molecule has 1 saturated heterocycles. The molecule has 1 saturated carbocycles. The third-order valence-electron chi connectivity index (χ3n) is 9.12. The van der Waals surface area contributed by atoms with Crippen molar-refractivity contribution in [3.63, 3.8) is 0 Å². The van der Waals surface area contributed by atoms with Crippen LogP contribution in [0.15, 0.2) is 91.5 Å². The third-order valence-corrected chi connectivity index (χ3v) is 9.12. The van der Waals surface area contributed by atoms with E-state index in [1.807, 2.05) is 42.9 Å². The average Bonchev–Trinajstić information content (AvgIpc) is 3.41. The second-order valence-electron chi connectivity index (χ2n) is 11.6. The van der Waals surface area contributed by atoms with Crippen LogP contribution in [0.3, 0.4) is 0 Å². The molecule has 0 amide bonds. The molecule has 2 fully saturated rings. The van der Waals surface area contributed by atoms with Crippen LogP contribution in [0.1, 0.15) is 49.2 Å². The number of imidazole rings is 1. The predicted molar refractivity (Wildman–Crippen MR) is 165 cm³/mol. The summed E-state index contributed by atoms with van der Waals surface area (Å²) < 4.78 is 2.16. The second kappa shape index (κ2) is 10.3. The van der Waals surface area contributed by atoms with E-state index in [9.17, 15) is 0 Å². The number of pyridine rings is 1. The molecular weight excluding hydrogens is 520 g/mol. The Morgan fingerprint density at radius 3 is 2.33 bits per heavy atom. The van der Waals surface area contributed by atoms with Gasteiger partial charge in [-0.25, -0.2) is 24.9 Å². The lowest BCUT2D eigenvalue weighted by molar-refractivity contribution is 0.0790. The van der Waals surface area contributed by atoms with E-state index in [1.165, 1.54) is 0 Å². The van der Waals surface area contributed by atoms with Crippen molar-refractivity contribution >= 4 is 22.2 Å². The molecule has 0 bridgehead atoms. The molecule has 4 aromatic heterocycles. The summed E-state index contributed by atoms with van der Waals surface area (Å²) in [6, 6.07) is 23.3. The molecule has 2 aliphatic rings. The van der Waals surface area contributed by atoms with E-state index in [-0.39, 0.29) is 0 Å². The zero-order valence-electron chi connectivity index (χ0n) is 23.3. The quantitative estimate of drug-likeness (QED) is 0.276. The van der Waals surface area contributed by atoms with Crippen LogP contribution >= 0.6 is 0 Å². The molecule has 6 aromatic rings. The molecule has 5 heterocycles. The summed E-state index contributed by atoms with van der Waals surface area (Å²) in [7, 11) is 0. The van der Waals surface area contributed by atoms with Crippen molar-refractivity contribution in [1.29, 1.82) is 0 Å². The molecule has 8 rings (SSSR count). The maximum atomic E-state index is 6.48. The van der Waals surface area contributed by atoms with Gasteiger partial charge in [0.1, 0.15) is 28.7 Å². The van der Waals surface area contributed by atoms with Crippen LogP contribution < -0.4 is 5.73 Å². The molecule has 8 heteroatoms. The number of fused-ring (bicyclic) bond motifs is 2. The molecule has 8 nitrogen and oxygen atoms in total. The van der Waals surface area contributed by atoms with Crippen molar-refractivity contribution in [2.75, 3.05) is 18.8 Å². The molecule has 1 aliphatic carbocycles. The lowest BCUT2D eigenvalue weighted by atomic mass is 9.77. The van der Waals surface area contributed by atoms with Crippen molar-refractivity contribution in [2.24, 2.45) is 0 Å². The van der Waals surface area contributed by atoms with Gasteiger partial charge in [-0.05, 0) is 57.0 Å². The average molecular weight is 553 g/mol. The van der Waals surface area contributed by atoms with Gasteiger partial charge in [0.05, 0.1) is 11.2 Å². The molecule has 1 aliphatic heterocycles. The van der Waals surface area contributed by atoms with Gasteiger partial charge in [0.15, 0.2) is 0 Å². The van der Waals surface area contributed by atoms with Gasteiger partial charge in [0.2, 0.25) is 0 Å². The van der Waals surface area contributed by atoms with Crippen molar-refractivity contribution in [2.45, 2.75) is 43.6 Å². The van der Waals surface area contributed by atoms with E-state index in [0.29, 0.717) is 23.7 Å². The summed E-state index contributed by atoms with van der Waals surface area (Å²) in [4.78, 5) is 26.3. The number of piperidine rings is 1. The van der Waals surface area contributed by atoms with Gasteiger partial charge in [0, 0.05) is 59.2 Å². The minimum atomic E-state index is 0.386. The standard InChI is InChI=1S/C34H32N8/c35-32-31-30(25-8-7-23-9-10-28(39-29(23)21-25)22-5-2-1-3-6-22)40-34(42(31)18-15-36-32)26-19-27(20-26)41-16-11-24(12-17-41)33-37-13-4-14-38-33/h1-10,13-15,18,21,24,26-27H,11-12,16-17,19-20H2,(H2,35,36). The monoisotopic (exact) mass is 552 g/mol. The third kappa shape index (κ3) is 4.39. The Bertz CT molecular complexity index is 1870. The first-order valence-electron chi connectivity index (χ1n) is 14.8. The summed E-state index contributed by atoms with van der Waals surface area (Å²) in [6.07, 6.45) is 11.9. The fraction of sp³-hybridized carbons (Fsp3) is 0.265. The number of nitrogens with two attached hydrogens (primary N) is 1. The fourth-order valence-electron chi connectivity index (χ4n) is 6.75. The van der Waals surface area contributed by atoms with E-state index in [0.717, 1.165) is 89.4 Å². The van der Waals surface area contributed by atoms with E-state index in [2.05, 4.69) is 66.7 Å². The van der Waals surface area contributed by atoms with Crippen LogP contribution in [0.25, 0.3) is 38.9 Å². The number of hydrogen-bond donors (Lipinski definition) is 1. The summed E-state index contributed by atoms with van der Waals surface area (Å²) in [5, 5.41) is 1.10. The van der Waals surface area contributed by atoms with Crippen molar-refractivity contribution < 1.29 is 0 Å². The maximum absolute atomic E-state index is 6.48. The van der Waals surface area contributed by atoms with Gasteiger partial charge in [0.25, 0.3) is 0 Å². The Morgan fingerprint density at radius 2 is 1.52 bits per heavy atom. The van der Waals surface area contributed by atoms with Crippen LogP contribution in [-0.2, 0) is 0 Å². The largest absolute Gasteiger partial charge is 0.382 e. The van der Waals surface area contributed by atoms with Crippen LogP contribution in [0.5, 0.6) is 0 Å². The van der Waals surface area contributed by atoms with E-state index in [1.54, 1.807) is 6.20 Å². The van der Waals surface area contributed by atoms with Crippen LogP contribution in [0.2, 0.25) is 0 Å². The maximum Gasteiger partial charge on any atom is 0.150 e. The minimum Gasteiger partial charge on any atom is -0.382 e. The van der Waals surface area contributed by atoms with Crippen LogP contribution in [0.4, 0.5) is 5.82 Å². The number of nitrogen functional groups attached to an aromatic ring is 1. The number of anilines is 1. The first kappa shape index (κ1) is 25.1. The van der Waals surface area contributed by atoms with Crippen LogP contribution in [0, 0.1) is 0 Å². The summed E-state index contributed by atoms with van der Waals surface area (Å²) in [5.74, 6) is 3.41. The SMILES string of the molecule is Nc1nccn2c(C3CC(N4CCC(c5ncccn5)CC4)C3)nc(-c3ccc4ccc(-c5ccccc5)nc4c3)c12. The number of hydrogen-bond acceptors (Lipinski definition) is 7. The lowest BCUT2D eigenvalue weighted by Gasteiger charge is -2.45. The number of nitrogens with zero attached hydrogens (tertiary/aromatic N) is 7. The van der Waals surface area contributed by atoms with Gasteiger partial charge in [-0.2, -0.15) is 0 Å². The van der Waals surface area contributed by atoms with Gasteiger partial charge in [-0.15, -0.1) is 0 Å². The van der Waals surface area contributed by atoms with Gasteiger partial charge in [-0.1, -0.05) is 48.5 Å². The Balaban J connectivity index is 1.06. The van der Waals surface area contributed by atoms with Gasteiger partial charge in [-0.3, -0.25) is 4.40 Å². The molecule has 42 heavy (non-hydrogen) atoms. The highest BCUT2D eigenvalue weighted by Crippen LogP contribution is 2.43. The normalized spacial score (nSPS) is 19.7. The minimum absolute atomic E-state index is 0.386. The Kier molecular flexibility index (Phi) is 6.14. The predicted octanol–water partition coefficient (Wildman–Crippen LogP) is 6.11. The van der Waals surface area contributed by atoms with E-state index in [4.69, 9.17) is 15.7 Å². The first-order valence-corrected chi connectivity index (χ1v) is 14.8. The number of aromatic nitrogens is 6. The number of benzene rings is 2. The van der Waals surface area contributed by atoms with Crippen molar-refractivity contribution in [1.82, 2.24) is 34.2 Å². The summed E-state index contributed by atoms with van der Waals surface area (Å²) >= 11 is 0. The number of rotatable bonds is 5. The second-order valence-corrected chi connectivity index (χ2v) is 11.6. The lowest BCUT2D eigenvalue weighted by Crippen LogP contribution is -2.47. The molecule has 0 unspecified atom stereocenters. The summed E-state index contributed by atoms with van der Waals surface area (Å²) in [6.45, 7) is 2.19. The molecule has 0 atom stereocenters. The Hall–Kier alpha value is -4.69. The topological polar surface area (TPSA) is 98.1 Å². The highest BCUT2D eigenvalue weighted by Gasteiger charge is 2.39. The van der Waals surface area contributed by atoms with Crippen molar-refractivity contribution in [3.8, 4) is 22.5 Å². The van der Waals surface area contributed by atoms with Crippen LogP contribution in [-0.4, -0.2) is 53.4 Å². The van der Waals surface area contributed by atoms with E-state index < -0.39 is 0 Å². The molecule has 0 spiro atoms. The Morgan fingerprint density at radius 1 is 0.738 bits per heavy atom. The highest BCUT2D eigenvalue weighted by atomic mass is 15.2. The molecule has 2 aromatic carbocycles.